The van der Waals surface area contributed by atoms with Gasteiger partial charge in [0.05, 0.1) is 6.61 Å². The molecular formula is C11H15NO. The highest BCUT2D eigenvalue weighted by Gasteiger charge is 2.12. The van der Waals surface area contributed by atoms with E-state index >= 15 is 0 Å². The van der Waals surface area contributed by atoms with Gasteiger partial charge in [-0.15, -0.1) is 0 Å². The molecule has 2 heteroatoms. The van der Waals surface area contributed by atoms with Gasteiger partial charge in [-0.25, -0.2) is 0 Å². The van der Waals surface area contributed by atoms with E-state index in [1.807, 2.05) is 12.1 Å². The van der Waals surface area contributed by atoms with E-state index in [1.165, 1.54) is 5.56 Å². The van der Waals surface area contributed by atoms with Crippen LogP contribution in [0.1, 0.15) is 24.9 Å². The molecule has 1 heterocycles. The Morgan fingerprint density at radius 3 is 3.15 bits per heavy atom. The Balaban J connectivity index is 2.31. The number of para-hydroxylation sites is 1. The number of hydrogen-bond acceptors (Lipinski definition) is 2. The maximum Gasteiger partial charge on any atom is 0.124 e. The zero-order chi connectivity index (χ0) is 9.10. The second-order valence-electron chi connectivity index (χ2n) is 3.42. The van der Waals surface area contributed by atoms with Gasteiger partial charge in [0, 0.05) is 11.6 Å². The molecule has 0 amide bonds. The molecule has 0 fully saturated rings. The molecule has 2 rings (SSSR count). The standard InChI is InChI=1S/C11H15NO/c1-9-10-5-2-3-6-11(10)13-8-4-7-12-9/h2-3,5-6,9,12H,4,7-8H2,1H3. The van der Waals surface area contributed by atoms with Crippen LogP contribution in [0.5, 0.6) is 5.75 Å². The van der Waals surface area contributed by atoms with Crippen LogP contribution in [-0.4, -0.2) is 13.2 Å². The minimum atomic E-state index is 0.400. The largest absolute Gasteiger partial charge is 0.493 e. The van der Waals surface area contributed by atoms with Crippen LogP contribution in [0.4, 0.5) is 0 Å². The molecule has 1 N–H and O–H groups in total. The third-order valence-electron chi connectivity index (χ3n) is 2.41. The number of fused-ring (bicyclic) bond motifs is 1. The van der Waals surface area contributed by atoms with E-state index in [-0.39, 0.29) is 0 Å². The molecule has 1 unspecified atom stereocenters. The monoisotopic (exact) mass is 177 g/mol. The summed E-state index contributed by atoms with van der Waals surface area (Å²) in [4.78, 5) is 0. The predicted molar refractivity (Wildman–Crippen MR) is 53.0 cm³/mol. The maximum atomic E-state index is 5.66. The highest BCUT2D eigenvalue weighted by atomic mass is 16.5. The van der Waals surface area contributed by atoms with Crippen LogP contribution < -0.4 is 10.1 Å². The Morgan fingerprint density at radius 1 is 1.38 bits per heavy atom. The van der Waals surface area contributed by atoms with Gasteiger partial charge in [-0.2, -0.15) is 0 Å². The van der Waals surface area contributed by atoms with E-state index in [2.05, 4.69) is 24.4 Å². The van der Waals surface area contributed by atoms with Gasteiger partial charge < -0.3 is 10.1 Å². The molecule has 0 saturated heterocycles. The molecule has 0 aliphatic carbocycles. The second kappa shape index (κ2) is 3.79. The molecule has 1 aliphatic heterocycles. The number of ether oxygens (including phenoxy) is 1. The Kier molecular flexibility index (Phi) is 2.50. The fourth-order valence-electron chi connectivity index (χ4n) is 1.65. The molecule has 70 valence electrons. The Morgan fingerprint density at radius 2 is 2.23 bits per heavy atom. The van der Waals surface area contributed by atoms with E-state index in [0.29, 0.717) is 6.04 Å². The molecular weight excluding hydrogens is 162 g/mol. The van der Waals surface area contributed by atoms with Gasteiger partial charge in [-0.3, -0.25) is 0 Å². The quantitative estimate of drug-likeness (QED) is 0.655. The average Bonchev–Trinajstić information content (AvgIpc) is 2.14. The fourth-order valence-corrected chi connectivity index (χ4v) is 1.65. The molecule has 0 spiro atoms. The van der Waals surface area contributed by atoms with Crippen LogP contribution in [0.2, 0.25) is 0 Å². The third kappa shape index (κ3) is 1.83. The zero-order valence-electron chi connectivity index (χ0n) is 7.92. The summed E-state index contributed by atoms with van der Waals surface area (Å²) in [5, 5.41) is 3.46. The molecule has 2 nitrogen and oxygen atoms in total. The highest BCUT2D eigenvalue weighted by molar-refractivity contribution is 5.35. The summed E-state index contributed by atoms with van der Waals surface area (Å²) in [6, 6.07) is 8.64. The summed E-state index contributed by atoms with van der Waals surface area (Å²) in [6.07, 6.45) is 1.08. The molecule has 0 saturated carbocycles. The normalized spacial score (nSPS) is 22.4. The van der Waals surface area contributed by atoms with Crippen LogP contribution in [0.25, 0.3) is 0 Å². The van der Waals surface area contributed by atoms with Crippen molar-refractivity contribution in [1.29, 1.82) is 0 Å². The van der Waals surface area contributed by atoms with Gasteiger partial charge >= 0.3 is 0 Å². The van der Waals surface area contributed by atoms with E-state index < -0.39 is 0 Å². The lowest BCUT2D eigenvalue weighted by atomic mass is 10.1. The van der Waals surface area contributed by atoms with Gasteiger partial charge in [0.15, 0.2) is 0 Å². The second-order valence-corrected chi connectivity index (χ2v) is 3.42. The van der Waals surface area contributed by atoms with E-state index in [0.717, 1.165) is 25.3 Å². The van der Waals surface area contributed by atoms with Crippen molar-refractivity contribution in [2.24, 2.45) is 0 Å². The molecule has 1 aliphatic rings. The summed E-state index contributed by atoms with van der Waals surface area (Å²) in [6.45, 7) is 4.03. The van der Waals surface area contributed by atoms with Crippen LogP contribution in [0.3, 0.4) is 0 Å². The van der Waals surface area contributed by atoms with E-state index in [1.54, 1.807) is 0 Å². The minimum Gasteiger partial charge on any atom is -0.493 e. The summed E-state index contributed by atoms with van der Waals surface area (Å²) in [7, 11) is 0. The molecule has 0 bridgehead atoms. The third-order valence-corrected chi connectivity index (χ3v) is 2.41. The summed E-state index contributed by atoms with van der Waals surface area (Å²) in [5.74, 6) is 1.03. The van der Waals surface area contributed by atoms with Crippen molar-refractivity contribution in [3.8, 4) is 5.75 Å². The van der Waals surface area contributed by atoms with Crippen molar-refractivity contribution in [2.75, 3.05) is 13.2 Å². The first-order valence-electron chi connectivity index (χ1n) is 4.83. The van der Waals surface area contributed by atoms with Crippen molar-refractivity contribution in [3.05, 3.63) is 29.8 Å². The molecule has 0 aromatic heterocycles. The minimum absolute atomic E-state index is 0.400. The smallest absolute Gasteiger partial charge is 0.124 e. The van der Waals surface area contributed by atoms with Crippen LogP contribution in [-0.2, 0) is 0 Å². The first-order valence-corrected chi connectivity index (χ1v) is 4.83. The van der Waals surface area contributed by atoms with Crippen molar-refractivity contribution in [1.82, 2.24) is 5.32 Å². The molecule has 1 aromatic carbocycles. The highest BCUT2D eigenvalue weighted by Crippen LogP contribution is 2.25. The van der Waals surface area contributed by atoms with Crippen LogP contribution >= 0.6 is 0 Å². The van der Waals surface area contributed by atoms with E-state index in [4.69, 9.17) is 4.74 Å². The van der Waals surface area contributed by atoms with Gasteiger partial charge in [0.2, 0.25) is 0 Å². The van der Waals surface area contributed by atoms with Crippen molar-refractivity contribution >= 4 is 0 Å². The summed E-state index contributed by atoms with van der Waals surface area (Å²) in [5.41, 5.74) is 1.27. The SMILES string of the molecule is CC1NCCCOc2ccccc21. The number of rotatable bonds is 0. The first kappa shape index (κ1) is 8.57. The van der Waals surface area contributed by atoms with Crippen molar-refractivity contribution < 1.29 is 4.74 Å². The van der Waals surface area contributed by atoms with Crippen molar-refractivity contribution in [3.63, 3.8) is 0 Å². The fraction of sp³-hybridized carbons (Fsp3) is 0.455. The first-order chi connectivity index (χ1) is 6.38. The number of nitrogens with one attached hydrogen (secondary N) is 1. The molecule has 1 atom stereocenters. The van der Waals surface area contributed by atoms with Gasteiger partial charge in [-0.05, 0) is 26.0 Å². The Hall–Kier alpha value is -1.02. The van der Waals surface area contributed by atoms with Gasteiger partial charge in [-0.1, -0.05) is 18.2 Å². The van der Waals surface area contributed by atoms with Gasteiger partial charge in [0.25, 0.3) is 0 Å². The lowest BCUT2D eigenvalue weighted by Crippen LogP contribution is -2.24. The number of hydrogen-bond donors (Lipinski definition) is 1. The summed E-state index contributed by atoms with van der Waals surface area (Å²) >= 11 is 0. The lowest BCUT2D eigenvalue weighted by Gasteiger charge is -2.21. The maximum absolute atomic E-state index is 5.66. The zero-order valence-corrected chi connectivity index (χ0v) is 7.92. The summed E-state index contributed by atoms with van der Waals surface area (Å²) < 4.78 is 5.66. The average molecular weight is 177 g/mol. The predicted octanol–water partition coefficient (Wildman–Crippen LogP) is 2.12. The van der Waals surface area contributed by atoms with Crippen LogP contribution in [0.15, 0.2) is 24.3 Å². The molecule has 1 aromatic rings. The topological polar surface area (TPSA) is 21.3 Å². The van der Waals surface area contributed by atoms with Crippen LogP contribution in [0, 0.1) is 0 Å². The Bertz CT molecular complexity index is 285. The molecule has 0 radical (unpaired) electrons. The molecule has 13 heavy (non-hydrogen) atoms. The van der Waals surface area contributed by atoms with E-state index in [9.17, 15) is 0 Å². The lowest BCUT2D eigenvalue weighted by molar-refractivity contribution is 0.288. The van der Waals surface area contributed by atoms with Crippen molar-refractivity contribution in [2.45, 2.75) is 19.4 Å². The Labute approximate surface area is 78.9 Å². The number of benzene rings is 1. The van der Waals surface area contributed by atoms with Gasteiger partial charge in [0.1, 0.15) is 5.75 Å².